The minimum atomic E-state index is -4.60. The lowest BCUT2D eigenvalue weighted by Gasteiger charge is -2.42. The van der Waals surface area contributed by atoms with Crippen LogP contribution in [0.2, 0.25) is 0 Å². The van der Waals surface area contributed by atoms with Gasteiger partial charge in [-0.1, -0.05) is 0 Å². The Bertz CT molecular complexity index is 1130. The van der Waals surface area contributed by atoms with Crippen molar-refractivity contribution in [3.05, 3.63) is 41.6 Å². The zero-order chi connectivity index (χ0) is 26.3. The second kappa shape index (κ2) is 9.55. The van der Waals surface area contributed by atoms with E-state index in [2.05, 4.69) is 20.3 Å². The number of halogens is 3. The summed E-state index contributed by atoms with van der Waals surface area (Å²) in [4.78, 5) is 39.9. The summed E-state index contributed by atoms with van der Waals surface area (Å²) >= 11 is 0. The third-order valence-electron chi connectivity index (χ3n) is 5.90. The van der Waals surface area contributed by atoms with Gasteiger partial charge in [-0.2, -0.15) is 13.2 Å². The number of carbonyl (C=O) groups excluding carboxylic acids is 2. The zero-order valence-corrected chi connectivity index (χ0v) is 20.6. The van der Waals surface area contributed by atoms with Crippen molar-refractivity contribution in [2.24, 2.45) is 0 Å². The predicted octanol–water partition coefficient (Wildman–Crippen LogP) is 4.30. The molecule has 2 amide bonds. The molecule has 1 saturated heterocycles. The lowest BCUT2D eigenvalue weighted by Crippen LogP contribution is -2.61. The summed E-state index contributed by atoms with van der Waals surface area (Å²) in [5.74, 6) is 0.760. The quantitative estimate of drug-likeness (QED) is 0.660. The van der Waals surface area contributed by atoms with Crippen molar-refractivity contribution in [1.29, 1.82) is 0 Å². The van der Waals surface area contributed by atoms with Crippen molar-refractivity contribution in [2.45, 2.75) is 64.3 Å². The third kappa shape index (κ3) is 6.03. The number of carbonyl (C=O) groups is 2. The molecule has 0 radical (unpaired) electrons. The van der Waals surface area contributed by atoms with E-state index in [0.717, 1.165) is 28.5 Å². The highest BCUT2D eigenvalue weighted by atomic mass is 19.4. The van der Waals surface area contributed by atoms with E-state index in [0.29, 0.717) is 17.3 Å². The van der Waals surface area contributed by atoms with E-state index >= 15 is 0 Å². The Morgan fingerprint density at radius 3 is 2.31 bits per heavy atom. The van der Waals surface area contributed by atoms with Gasteiger partial charge < -0.3 is 19.9 Å². The molecule has 0 bridgehead atoms. The fourth-order valence-electron chi connectivity index (χ4n) is 3.87. The topological polar surface area (TPSA) is 101 Å². The van der Waals surface area contributed by atoms with Crippen LogP contribution in [-0.2, 0) is 4.74 Å². The normalized spacial score (nSPS) is 18.7. The molecule has 4 rings (SSSR count). The van der Waals surface area contributed by atoms with Crippen LogP contribution in [0.15, 0.2) is 24.5 Å². The minimum absolute atomic E-state index is 0.0531. The highest BCUT2D eigenvalue weighted by Gasteiger charge is 2.48. The maximum absolute atomic E-state index is 14.0. The standard InChI is InChI=1S/C24H29F3N6O3/c1-14-17(31-21(34)16-11-28-20(29-12-16)15-5-6-15)7-8-19(30-14)33-10-9-32(13-18(33)24(25,26)27)22(35)36-23(2,3)4/h7-8,11-12,15,18H,5-6,9-10,13H2,1-4H3,(H,31,34). The molecule has 2 aliphatic rings. The highest BCUT2D eigenvalue weighted by molar-refractivity contribution is 6.04. The van der Waals surface area contributed by atoms with Crippen molar-refractivity contribution >= 4 is 23.5 Å². The van der Waals surface area contributed by atoms with Crippen LogP contribution in [0.25, 0.3) is 0 Å². The van der Waals surface area contributed by atoms with E-state index in [9.17, 15) is 22.8 Å². The molecule has 2 fully saturated rings. The van der Waals surface area contributed by atoms with E-state index in [1.165, 1.54) is 24.5 Å². The molecule has 1 unspecified atom stereocenters. The molecule has 1 saturated carbocycles. The molecule has 1 aliphatic carbocycles. The molecular weight excluding hydrogens is 477 g/mol. The molecule has 1 N–H and O–H groups in total. The first-order valence-electron chi connectivity index (χ1n) is 11.7. The molecule has 1 atom stereocenters. The summed E-state index contributed by atoms with van der Waals surface area (Å²) in [5, 5.41) is 2.71. The second-order valence-corrected chi connectivity index (χ2v) is 10.0. The lowest BCUT2D eigenvalue weighted by molar-refractivity contribution is -0.155. The summed E-state index contributed by atoms with van der Waals surface area (Å²) in [6.07, 6.45) is -0.360. The van der Waals surface area contributed by atoms with Gasteiger partial charge in [-0.05, 0) is 52.7 Å². The first-order valence-corrected chi connectivity index (χ1v) is 11.7. The van der Waals surface area contributed by atoms with Gasteiger partial charge >= 0.3 is 12.3 Å². The average Bonchev–Trinajstić information content (AvgIpc) is 3.64. The highest BCUT2D eigenvalue weighted by Crippen LogP contribution is 2.37. The van der Waals surface area contributed by atoms with E-state index in [-0.39, 0.29) is 24.5 Å². The van der Waals surface area contributed by atoms with Crippen LogP contribution in [0.5, 0.6) is 0 Å². The Hall–Kier alpha value is -3.44. The van der Waals surface area contributed by atoms with Crippen LogP contribution in [0.3, 0.4) is 0 Å². The van der Waals surface area contributed by atoms with Crippen LogP contribution in [0, 0.1) is 6.92 Å². The molecule has 1 aliphatic heterocycles. The number of pyridine rings is 1. The van der Waals surface area contributed by atoms with Gasteiger partial charge in [0.1, 0.15) is 23.3 Å². The van der Waals surface area contributed by atoms with Gasteiger partial charge in [0.25, 0.3) is 5.91 Å². The Morgan fingerprint density at radius 2 is 1.75 bits per heavy atom. The van der Waals surface area contributed by atoms with E-state index in [1.807, 2.05) is 0 Å². The van der Waals surface area contributed by atoms with Crippen LogP contribution >= 0.6 is 0 Å². The molecule has 36 heavy (non-hydrogen) atoms. The van der Waals surface area contributed by atoms with Crippen molar-refractivity contribution in [3.8, 4) is 0 Å². The summed E-state index contributed by atoms with van der Waals surface area (Å²) in [5.41, 5.74) is 0.183. The first-order chi connectivity index (χ1) is 16.8. The van der Waals surface area contributed by atoms with Crippen molar-refractivity contribution in [1.82, 2.24) is 19.9 Å². The maximum Gasteiger partial charge on any atom is 0.410 e. The number of amides is 2. The Balaban J connectivity index is 1.47. The number of rotatable bonds is 4. The van der Waals surface area contributed by atoms with Crippen molar-refractivity contribution < 1.29 is 27.5 Å². The van der Waals surface area contributed by atoms with Gasteiger partial charge in [-0.25, -0.2) is 19.7 Å². The summed E-state index contributed by atoms with van der Waals surface area (Å²) < 4.78 is 47.1. The first kappa shape index (κ1) is 25.6. The smallest absolute Gasteiger partial charge is 0.410 e. The molecule has 12 heteroatoms. The van der Waals surface area contributed by atoms with Crippen LogP contribution in [-0.4, -0.2) is 69.3 Å². The molecular formula is C24H29F3N6O3. The average molecular weight is 507 g/mol. The number of piperazine rings is 1. The maximum atomic E-state index is 14.0. The number of alkyl halides is 3. The number of ether oxygens (including phenoxy) is 1. The van der Waals surface area contributed by atoms with Gasteiger partial charge in [-0.15, -0.1) is 0 Å². The third-order valence-corrected chi connectivity index (χ3v) is 5.90. The summed E-state index contributed by atoms with van der Waals surface area (Å²) in [6.45, 7) is 5.98. The van der Waals surface area contributed by atoms with Gasteiger partial charge in [0.2, 0.25) is 0 Å². The van der Waals surface area contributed by atoms with E-state index in [1.54, 1.807) is 27.7 Å². The van der Waals surface area contributed by atoms with Gasteiger partial charge in [0.15, 0.2) is 0 Å². The molecule has 0 aromatic carbocycles. The van der Waals surface area contributed by atoms with Crippen molar-refractivity contribution in [2.75, 3.05) is 29.9 Å². The van der Waals surface area contributed by atoms with Gasteiger partial charge in [0.05, 0.1) is 23.5 Å². The zero-order valence-electron chi connectivity index (χ0n) is 20.6. The summed E-state index contributed by atoms with van der Waals surface area (Å²) in [7, 11) is 0. The van der Waals surface area contributed by atoms with E-state index in [4.69, 9.17) is 4.74 Å². The van der Waals surface area contributed by atoms with Gasteiger partial charge in [-0.3, -0.25) is 4.79 Å². The largest absolute Gasteiger partial charge is 0.444 e. The fourth-order valence-corrected chi connectivity index (χ4v) is 3.87. The monoisotopic (exact) mass is 506 g/mol. The molecule has 2 aromatic heterocycles. The number of hydrogen-bond donors (Lipinski definition) is 1. The Morgan fingerprint density at radius 1 is 1.08 bits per heavy atom. The number of anilines is 2. The minimum Gasteiger partial charge on any atom is -0.444 e. The molecule has 3 heterocycles. The molecule has 194 valence electrons. The predicted molar refractivity (Wildman–Crippen MR) is 126 cm³/mol. The van der Waals surface area contributed by atoms with Crippen LogP contribution in [0.4, 0.5) is 29.5 Å². The van der Waals surface area contributed by atoms with E-state index < -0.39 is 36.4 Å². The van der Waals surface area contributed by atoms with Crippen LogP contribution in [0.1, 0.15) is 61.4 Å². The number of hydrogen-bond acceptors (Lipinski definition) is 7. The molecule has 0 spiro atoms. The number of aryl methyl sites for hydroxylation is 1. The lowest BCUT2D eigenvalue weighted by atomic mass is 10.1. The Labute approximate surface area is 207 Å². The molecule has 9 nitrogen and oxygen atoms in total. The molecule has 2 aromatic rings. The fraction of sp³-hybridized carbons (Fsp3) is 0.542. The summed E-state index contributed by atoms with van der Waals surface area (Å²) in [6, 6.07) is 0.994. The number of nitrogens with zero attached hydrogens (tertiary/aromatic N) is 5. The Kier molecular flexibility index (Phi) is 6.80. The van der Waals surface area contributed by atoms with Gasteiger partial charge in [0, 0.05) is 31.4 Å². The SMILES string of the molecule is Cc1nc(N2CCN(C(=O)OC(C)(C)C)CC2C(F)(F)F)ccc1NC(=O)c1cnc(C2CC2)nc1. The number of aromatic nitrogens is 3. The van der Waals surface area contributed by atoms with Crippen LogP contribution < -0.4 is 10.2 Å². The van der Waals surface area contributed by atoms with Crippen molar-refractivity contribution in [3.63, 3.8) is 0 Å². The number of nitrogens with one attached hydrogen (secondary N) is 1. The second-order valence-electron chi connectivity index (χ2n) is 10.0.